The molecule has 7 heteroatoms. The number of carbonyl (C=O) groups excluding carboxylic acids is 2. The van der Waals surface area contributed by atoms with Crippen LogP contribution in [-0.2, 0) is 16.0 Å². The van der Waals surface area contributed by atoms with Crippen molar-refractivity contribution in [3.63, 3.8) is 0 Å². The molecule has 2 aromatic rings. The van der Waals surface area contributed by atoms with Crippen molar-refractivity contribution >= 4 is 28.9 Å². The van der Waals surface area contributed by atoms with Gasteiger partial charge in [-0.2, -0.15) is 5.26 Å². The predicted octanol–water partition coefficient (Wildman–Crippen LogP) is 3.59. The number of rotatable bonds is 7. The lowest BCUT2D eigenvalue weighted by Crippen LogP contribution is -2.33. The van der Waals surface area contributed by atoms with Gasteiger partial charge in [-0.3, -0.25) is 9.59 Å². The lowest BCUT2D eigenvalue weighted by Gasteiger charge is -2.20. The van der Waals surface area contributed by atoms with Gasteiger partial charge in [0.15, 0.2) is 0 Å². The van der Waals surface area contributed by atoms with E-state index in [-0.39, 0.29) is 18.2 Å². The van der Waals surface area contributed by atoms with Crippen molar-refractivity contribution in [1.29, 1.82) is 5.26 Å². The molecular weight excluding hydrogens is 414 g/mol. The Kier molecular flexibility index (Phi) is 6.36. The molecule has 1 atom stereocenters. The molecule has 2 amide bonds. The fraction of sp³-hybridized carbons (Fsp3) is 0.231. The van der Waals surface area contributed by atoms with Crippen LogP contribution in [0.4, 0.5) is 11.5 Å². The maximum absolute atomic E-state index is 12.9. The number of aromatic nitrogens is 1. The van der Waals surface area contributed by atoms with Crippen molar-refractivity contribution in [1.82, 2.24) is 10.3 Å². The van der Waals surface area contributed by atoms with Crippen molar-refractivity contribution in [2.75, 3.05) is 23.3 Å². The zero-order chi connectivity index (χ0) is 23.3. The fourth-order valence-corrected chi connectivity index (χ4v) is 4.17. The van der Waals surface area contributed by atoms with Gasteiger partial charge in [0, 0.05) is 31.0 Å². The second-order valence-electron chi connectivity index (χ2n) is 8.15. The number of nitriles is 1. The van der Waals surface area contributed by atoms with E-state index in [4.69, 9.17) is 0 Å². The summed E-state index contributed by atoms with van der Waals surface area (Å²) in [7, 11) is 0. The fourth-order valence-electron chi connectivity index (χ4n) is 4.17. The molecule has 0 aliphatic carbocycles. The van der Waals surface area contributed by atoms with Crippen molar-refractivity contribution in [3.05, 3.63) is 84.7 Å². The normalized spacial score (nSPS) is 19.4. The molecule has 0 spiro atoms. The largest absolute Gasteiger partial charge is 0.387 e. The van der Waals surface area contributed by atoms with E-state index in [1.165, 1.54) is 0 Å². The van der Waals surface area contributed by atoms with E-state index < -0.39 is 5.41 Å². The topological polar surface area (TPSA) is 98.1 Å². The molecule has 1 aromatic carbocycles. The van der Waals surface area contributed by atoms with Gasteiger partial charge in [0.25, 0.3) is 0 Å². The number of nitrogens with one attached hydrogen (secondary N) is 2. The molecule has 2 N–H and O–H groups in total. The van der Waals surface area contributed by atoms with E-state index in [2.05, 4.69) is 34.3 Å². The van der Waals surface area contributed by atoms with E-state index in [1.54, 1.807) is 29.3 Å². The molecule has 4 rings (SSSR count). The van der Waals surface area contributed by atoms with Crippen LogP contribution in [0.2, 0.25) is 0 Å². The first-order valence-corrected chi connectivity index (χ1v) is 10.8. The molecule has 33 heavy (non-hydrogen) atoms. The minimum absolute atomic E-state index is 0.196. The van der Waals surface area contributed by atoms with Crippen LogP contribution in [-0.4, -0.2) is 29.9 Å². The first kappa shape index (κ1) is 22.0. The summed E-state index contributed by atoms with van der Waals surface area (Å²) in [5, 5.41) is 15.6. The smallest absolute Gasteiger partial charge is 0.247 e. The third kappa shape index (κ3) is 4.70. The summed E-state index contributed by atoms with van der Waals surface area (Å²) in [6.07, 6.45) is 10.0. The Hall–Kier alpha value is -4.18. The Bertz CT molecular complexity index is 1190. The molecule has 7 nitrogen and oxygen atoms in total. The number of dihydropyridines is 1. The molecule has 0 radical (unpaired) electrons. The van der Waals surface area contributed by atoms with Gasteiger partial charge in [-0.1, -0.05) is 36.4 Å². The number of anilines is 2. The van der Waals surface area contributed by atoms with Crippen LogP contribution < -0.4 is 15.5 Å². The first-order valence-electron chi connectivity index (χ1n) is 10.8. The number of amides is 2. The highest BCUT2D eigenvalue weighted by Gasteiger charge is 2.46. The van der Waals surface area contributed by atoms with E-state index in [1.807, 2.05) is 36.5 Å². The summed E-state index contributed by atoms with van der Waals surface area (Å²) in [5.74, 6) is -0.0753. The zero-order valence-electron chi connectivity index (χ0n) is 18.3. The van der Waals surface area contributed by atoms with Crippen molar-refractivity contribution in [2.24, 2.45) is 5.41 Å². The lowest BCUT2D eigenvalue weighted by molar-refractivity contribution is -0.123. The third-order valence-corrected chi connectivity index (χ3v) is 5.91. The number of hydrogen-bond donors (Lipinski definition) is 2. The van der Waals surface area contributed by atoms with E-state index in [0.717, 1.165) is 23.2 Å². The maximum Gasteiger partial charge on any atom is 0.247 e. The highest BCUT2D eigenvalue weighted by atomic mass is 16.2. The molecule has 166 valence electrons. The van der Waals surface area contributed by atoms with Crippen LogP contribution in [0.3, 0.4) is 0 Å². The van der Waals surface area contributed by atoms with Crippen molar-refractivity contribution < 1.29 is 9.59 Å². The number of carbonyl (C=O) groups is 2. The molecule has 0 unspecified atom stereocenters. The Morgan fingerprint density at radius 3 is 3.00 bits per heavy atom. The molecule has 1 saturated heterocycles. The van der Waals surface area contributed by atoms with Crippen molar-refractivity contribution in [3.8, 4) is 6.07 Å². The highest BCUT2D eigenvalue weighted by Crippen LogP contribution is 2.38. The average molecular weight is 440 g/mol. The van der Waals surface area contributed by atoms with Crippen LogP contribution in [0.25, 0.3) is 5.57 Å². The number of allylic oxidation sites excluding steroid dienone is 3. The number of pyridine rings is 1. The van der Waals surface area contributed by atoms with Gasteiger partial charge in [0.05, 0.1) is 12.5 Å². The van der Waals surface area contributed by atoms with E-state index in [9.17, 15) is 14.9 Å². The first-order chi connectivity index (χ1) is 16.0. The third-order valence-electron chi connectivity index (χ3n) is 5.91. The van der Waals surface area contributed by atoms with Gasteiger partial charge in [-0.05, 0) is 47.9 Å². The predicted molar refractivity (Wildman–Crippen MR) is 128 cm³/mol. The second-order valence-corrected chi connectivity index (χ2v) is 8.15. The second kappa shape index (κ2) is 9.53. The van der Waals surface area contributed by atoms with Crippen LogP contribution in [0.15, 0.2) is 73.6 Å². The van der Waals surface area contributed by atoms with Gasteiger partial charge in [0.2, 0.25) is 11.8 Å². The minimum atomic E-state index is -1.07. The number of benzene rings is 1. The average Bonchev–Trinajstić information content (AvgIpc) is 3.16. The lowest BCUT2D eigenvalue weighted by atomic mass is 9.84. The van der Waals surface area contributed by atoms with Crippen LogP contribution >= 0.6 is 0 Å². The van der Waals surface area contributed by atoms with Crippen LogP contribution in [0.5, 0.6) is 0 Å². The van der Waals surface area contributed by atoms with Gasteiger partial charge in [-0.25, -0.2) is 4.98 Å². The van der Waals surface area contributed by atoms with E-state index >= 15 is 0 Å². The van der Waals surface area contributed by atoms with Crippen LogP contribution in [0, 0.1) is 16.7 Å². The minimum Gasteiger partial charge on any atom is -0.387 e. The van der Waals surface area contributed by atoms with Gasteiger partial charge < -0.3 is 15.5 Å². The Morgan fingerprint density at radius 2 is 2.24 bits per heavy atom. The van der Waals surface area contributed by atoms with Crippen molar-refractivity contribution in [2.45, 2.75) is 19.3 Å². The summed E-state index contributed by atoms with van der Waals surface area (Å²) < 4.78 is 0. The molecule has 2 aliphatic rings. The Balaban J connectivity index is 1.44. The molecule has 1 aromatic heterocycles. The number of hydrogen-bond acceptors (Lipinski definition) is 5. The monoisotopic (exact) mass is 439 g/mol. The zero-order valence-corrected chi connectivity index (χ0v) is 18.3. The maximum atomic E-state index is 12.9. The van der Waals surface area contributed by atoms with Gasteiger partial charge in [-0.15, -0.1) is 6.58 Å². The number of nitrogens with zero attached hydrogens (tertiary/aromatic N) is 3. The summed E-state index contributed by atoms with van der Waals surface area (Å²) in [6.45, 7) is 4.86. The summed E-state index contributed by atoms with van der Waals surface area (Å²) in [4.78, 5) is 31.4. The van der Waals surface area contributed by atoms with Gasteiger partial charge in [0.1, 0.15) is 11.2 Å². The molecule has 2 aliphatic heterocycles. The van der Waals surface area contributed by atoms with E-state index in [0.29, 0.717) is 30.9 Å². The summed E-state index contributed by atoms with van der Waals surface area (Å²) >= 11 is 0. The Labute approximate surface area is 193 Å². The highest BCUT2D eigenvalue weighted by molar-refractivity contribution is 6.02. The molecule has 1 fully saturated rings. The molecule has 0 saturated carbocycles. The SMILES string of the molecule is C=CC[C@]1(C#N)CCN(c2ccnc(NC(=O)Cc3cccc(C4=CC=CNC4)c3)c2)C1=O. The molecular formula is C26H25N5O2. The van der Waals surface area contributed by atoms with Crippen LogP contribution in [0.1, 0.15) is 24.0 Å². The molecule has 0 bridgehead atoms. The molecule has 3 heterocycles. The van der Waals surface area contributed by atoms with Gasteiger partial charge >= 0.3 is 0 Å². The quantitative estimate of drug-likeness (QED) is 0.643. The Morgan fingerprint density at radius 1 is 1.36 bits per heavy atom. The summed E-state index contributed by atoms with van der Waals surface area (Å²) in [6, 6.07) is 13.4. The summed E-state index contributed by atoms with van der Waals surface area (Å²) in [5.41, 5.74) is 2.67. The standard InChI is InChI=1S/C26H25N5O2/c1-2-9-26(18-27)10-13-31(25(26)33)22-8-12-29-23(16-22)30-24(32)15-19-5-3-6-20(14-19)21-7-4-11-28-17-21/h2-8,11-12,14,16,28H,1,9-10,13,15,17H2,(H,29,30,32)/t26-/m1/s1.